The quantitative estimate of drug-likeness (QED) is 0.760. The lowest BCUT2D eigenvalue weighted by Gasteiger charge is -2.19. The predicted molar refractivity (Wildman–Crippen MR) is 94.3 cm³/mol. The van der Waals surface area contributed by atoms with Crippen LogP contribution in [0.4, 0.5) is 4.39 Å². The highest BCUT2D eigenvalue weighted by atomic mass is 32.1. The van der Waals surface area contributed by atoms with Gasteiger partial charge in [-0.25, -0.2) is 9.37 Å². The zero-order valence-electron chi connectivity index (χ0n) is 13.5. The average Bonchev–Trinajstić information content (AvgIpc) is 3.06. The topological polar surface area (TPSA) is 45.5 Å². The molecule has 0 aliphatic heterocycles. The first-order chi connectivity index (χ1) is 11.0. The second-order valence-electron chi connectivity index (χ2n) is 5.44. The molecule has 0 spiro atoms. The summed E-state index contributed by atoms with van der Waals surface area (Å²) in [5.41, 5.74) is 2.34. The molecule has 23 heavy (non-hydrogen) atoms. The number of aliphatic imine (C=N–C) groups is 1. The van der Waals surface area contributed by atoms with Crippen LogP contribution in [-0.2, 0) is 0 Å². The second kappa shape index (κ2) is 8.13. The Morgan fingerprint density at radius 2 is 2.26 bits per heavy atom. The summed E-state index contributed by atoms with van der Waals surface area (Å²) in [5.74, 6) is -0.395. The van der Waals surface area contributed by atoms with Crippen molar-refractivity contribution >= 4 is 23.1 Å². The maximum absolute atomic E-state index is 14.4. The molecule has 0 aliphatic carbocycles. The lowest BCUT2D eigenvalue weighted by molar-refractivity contribution is 0.158. The van der Waals surface area contributed by atoms with Gasteiger partial charge in [0.1, 0.15) is 16.9 Å². The van der Waals surface area contributed by atoms with Crippen LogP contribution in [0, 0.1) is 5.82 Å². The maximum atomic E-state index is 14.4. The van der Waals surface area contributed by atoms with Crippen LogP contribution in [0.2, 0.25) is 0 Å². The van der Waals surface area contributed by atoms with Crippen molar-refractivity contribution in [1.82, 2.24) is 4.98 Å². The van der Waals surface area contributed by atoms with E-state index in [1.165, 1.54) is 17.4 Å². The number of halogens is 1. The molecule has 5 heteroatoms. The van der Waals surface area contributed by atoms with Crippen molar-refractivity contribution in [1.29, 1.82) is 0 Å². The lowest BCUT2D eigenvalue weighted by Crippen LogP contribution is -2.07. The zero-order chi connectivity index (χ0) is 16.8. The Hall–Kier alpha value is -1.85. The van der Waals surface area contributed by atoms with Crippen molar-refractivity contribution in [3.63, 3.8) is 0 Å². The fourth-order valence-electron chi connectivity index (χ4n) is 2.59. The highest BCUT2D eigenvalue weighted by Crippen LogP contribution is 2.34. The van der Waals surface area contributed by atoms with Crippen LogP contribution >= 0.6 is 11.3 Å². The summed E-state index contributed by atoms with van der Waals surface area (Å²) in [6.45, 7) is 5.67. The number of nitrogens with zero attached hydrogens (tertiary/aromatic N) is 2. The molecule has 0 bridgehead atoms. The maximum Gasteiger partial charge on any atom is 0.127 e. The van der Waals surface area contributed by atoms with Gasteiger partial charge < -0.3 is 5.11 Å². The molecule has 0 saturated heterocycles. The molecule has 2 aromatic rings. The molecule has 0 aliphatic rings. The van der Waals surface area contributed by atoms with Gasteiger partial charge in [-0.05, 0) is 49.0 Å². The number of hydrogen-bond donors (Lipinski definition) is 1. The summed E-state index contributed by atoms with van der Waals surface area (Å²) in [6, 6.07) is 5.05. The van der Waals surface area contributed by atoms with E-state index in [1.807, 2.05) is 32.2 Å². The third kappa shape index (κ3) is 4.33. The number of hydrogen-bond acceptors (Lipinski definition) is 4. The van der Waals surface area contributed by atoms with Crippen LogP contribution in [0.25, 0.3) is 5.57 Å². The Bertz CT molecular complexity index is 695. The van der Waals surface area contributed by atoms with Crippen LogP contribution in [0.1, 0.15) is 55.3 Å². The van der Waals surface area contributed by atoms with E-state index in [-0.39, 0.29) is 11.7 Å². The van der Waals surface area contributed by atoms with Gasteiger partial charge in [0.25, 0.3) is 0 Å². The molecule has 0 radical (unpaired) electrons. The van der Waals surface area contributed by atoms with Crippen molar-refractivity contribution in [3.05, 3.63) is 57.9 Å². The molecule has 122 valence electrons. The number of rotatable bonds is 6. The van der Waals surface area contributed by atoms with Crippen LogP contribution in [0.15, 0.2) is 41.0 Å². The van der Waals surface area contributed by atoms with Gasteiger partial charge in [-0.15, -0.1) is 11.3 Å². The van der Waals surface area contributed by atoms with Gasteiger partial charge in [0.05, 0.1) is 0 Å². The highest BCUT2D eigenvalue weighted by Gasteiger charge is 2.21. The first-order valence-electron chi connectivity index (χ1n) is 7.55. The highest BCUT2D eigenvalue weighted by molar-refractivity contribution is 7.09. The minimum Gasteiger partial charge on any atom is -0.386 e. The van der Waals surface area contributed by atoms with Crippen molar-refractivity contribution in [2.45, 2.75) is 39.2 Å². The molecule has 2 rings (SSSR count). The molecular weight excluding hydrogens is 311 g/mol. The van der Waals surface area contributed by atoms with E-state index in [0.29, 0.717) is 17.0 Å². The number of thiazole rings is 1. The number of aliphatic hydroxyl groups is 1. The summed E-state index contributed by atoms with van der Waals surface area (Å²) in [4.78, 5) is 8.24. The molecular formula is C18H21FN2OS. The Morgan fingerprint density at radius 3 is 2.91 bits per heavy atom. The fraction of sp³-hybridized carbons (Fsp3) is 0.333. The van der Waals surface area contributed by atoms with Crippen molar-refractivity contribution in [2.24, 2.45) is 4.99 Å². The second-order valence-corrected chi connectivity index (χ2v) is 6.37. The van der Waals surface area contributed by atoms with E-state index in [1.54, 1.807) is 24.7 Å². The minimum atomic E-state index is -0.685. The van der Waals surface area contributed by atoms with Gasteiger partial charge in [-0.1, -0.05) is 19.1 Å². The first-order valence-corrected chi connectivity index (χ1v) is 8.43. The van der Waals surface area contributed by atoms with Gasteiger partial charge in [-0.3, -0.25) is 4.99 Å². The molecule has 1 aromatic carbocycles. The fourth-order valence-corrected chi connectivity index (χ4v) is 3.23. The molecule has 1 heterocycles. The number of allylic oxidation sites excluding steroid dienone is 1. The van der Waals surface area contributed by atoms with Gasteiger partial charge in [-0.2, -0.15) is 0 Å². The van der Waals surface area contributed by atoms with Crippen molar-refractivity contribution < 1.29 is 9.50 Å². The Morgan fingerprint density at radius 1 is 1.48 bits per heavy atom. The molecule has 2 unspecified atom stereocenters. The molecule has 1 N–H and O–H groups in total. The number of aromatic nitrogens is 1. The van der Waals surface area contributed by atoms with E-state index in [2.05, 4.69) is 9.98 Å². The van der Waals surface area contributed by atoms with E-state index in [0.717, 1.165) is 11.1 Å². The molecule has 1 aromatic heterocycles. The molecule has 0 amide bonds. The molecule has 2 atom stereocenters. The van der Waals surface area contributed by atoms with Crippen LogP contribution in [0.3, 0.4) is 0 Å². The van der Waals surface area contributed by atoms with E-state index >= 15 is 0 Å². The zero-order valence-corrected chi connectivity index (χ0v) is 14.3. The third-order valence-electron chi connectivity index (χ3n) is 3.70. The van der Waals surface area contributed by atoms with Gasteiger partial charge >= 0.3 is 0 Å². The standard InChI is InChI=1S/C18H21FN2OS/c1-4-20-11-13(3)14-6-5-7-15(19)17(14)12(2)10-16(22)18-21-8-9-23-18/h4-9,11-12,16,22H,10H2,1-3H3/b13-11+,20-4-. The molecule has 3 nitrogen and oxygen atoms in total. The van der Waals surface area contributed by atoms with Crippen LogP contribution < -0.4 is 0 Å². The molecule has 0 fully saturated rings. The summed E-state index contributed by atoms with van der Waals surface area (Å²) in [5, 5.41) is 12.8. The Kier molecular flexibility index (Phi) is 6.19. The van der Waals surface area contributed by atoms with Crippen molar-refractivity contribution in [3.8, 4) is 0 Å². The summed E-state index contributed by atoms with van der Waals surface area (Å²) < 4.78 is 14.4. The first kappa shape index (κ1) is 17.5. The normalized spacial score (nSPS) is 15.1. The van der Waals surface area contributed by atoms with E-state index in [4.69, 9.17) is 0 Å². The summed E-state index contributed by atoms with van der Waals surface area (Å²) >= 11 is 1.41. The average molecular weight is 332 g/mol. The predicted octanol–water partition coefficient (Wildman–Crippen LogP) is 4.96. The number of aliphatic hydroxyl groups excluding tert-OH is 1. The lowest BCUT2D eigenvalue weighted by atomic mass is 9.88. The summed E-state index contributed by atoms with van der Waals surface area (Å²) in [6.07, 6.45) is 4.82. The van der Waals surface area contributed by atoms with Crippen molar-refractivity contribution in [2.75, 3.05) is 0 Å². The van der Waals surface area contributed by atoms with Gasteiger partial charge in [0.15, 0.2) is 0 Å². The van der Waals surface area contributed by atoms with Gasteiger partial charge in [0.2, 0.25) is 0 Å². The Balaban J connectivity index is 2.30. The van der Waals surface area contributed by atoms with E-state index in [9.17, 15) is 9.50 Å². The molecule has 0 saturated carbocycles. The monoisotopic (exact) mass is 332 g/mol. The SMILES string of the molecule is C/C=N\C=C(/C)c1cccc(F)c1C(C)CC(O)c1nccs1. The third-order valence-corrected chi connectivity index (χ3v) is 4.58. The van der Waals surface area contributed by atoms with Crippen LogP contribution in [0.5, 0.6) is 0 Å². The Labute approximate surface area is 140 Å². The smallest absolute Gasteiger partial charge is 0.127 e. The minimum absolute atomic E-state index is 0.140. The number of benzene rings is 1. The van der Waals surface area contributed by atoms with Gasteiger partial charge in [0, 0.05) is 24.0 Å². The van der Waals surface area contributed by atoms with E-state index < -0.39 is 6.10 Å². The summed E-state index contributed by atoms with van der Waals surface area (Å²) in [7, 11) is 0. The van der Waals surface area contributed by atoms with Crippen LogP contribution in [-0.4, -0.2) is 16.3 Å². The largest absolute Gasteiger partial charge is 0.386 e.